The molecule has 0 saturated carbocycles. The second-order valence-corrected chi connectivity index (χ2v) is 14.4. The Hall–Kier alpha value is -0.870. The fourth-order valence-electron chi connectivity index (χ4n) is 6.53. The minimum absolute atomic E-state index is 0.0345. The molecule has 0 aliphatic heterocycles. The van der Waals surface area contributed by atoms with Crippen molar-refractivity contribution in [1.29, 1.82) is 0 Å². The van der Waals surface area contributed by atoms with Gasteiger partial charge in [0, 0.05) is 6.42 Å². The van der Waals surface area contributed by atoms with Crippen LogP contribution in [0.4, 0.5) is 0 Å². The lowest BCUT2D eigenvalue weighted by Crippen LogP contribution is -2.45. The maximum absolute atomic E-state index is 12.4. The molecule has 4 heteroatoms. The van der Waals surface area contributed by atoms with Gasteiger partial charge in [-0.25, -0.2) is 0 Å². The minimum atomic E-state index is -0.656. The predicted octanol–water partition coefficient (Wildman–Crippen LogP) is 12.7. The van der Waals surface area contributed by atoms with Crippen LogP contribution in [0.2, 0.25) is 0 Å². The third-order valence-corrected chi connectivity index (χ3v) is 9.78. The Morgan fingerprint density at radius 3 is 1.20 bits per heavy atom. The summed E-state index contributed by atoms with van der Waals surface area (Å²) < 4.78 is 0. The Labute approximate surface area is 288 Å². The Kier molecular flexibility index (Phi) is 37.8. The van der Waals surface area contributed by atoms with Crippen LogP contribution in [0.15, 0.2) is 12.2 Å². The van der Waals surface area contributed by atoms with E-state index in [2.05, 4.69) is 31.3 Å². The molecule has 2 atom stereocenters. The first-order valence-corrected chi connectivity index (χ1v) is 20.9. The average molecular weight is 650 g/mol. The van der Waals surface area contributed by atoms with Crippen LogP contribution in [0.3, 0.4) is 0 Å². The highest BCUT2D eigenvalue weighted by Gasteiger charge is 2.19. The fraction of sp³-hybridized carbons (Fsp3) is 0.929. The van der Waals surface area contributed by atoms with Gasteiger partial charge in [-0.3, -0.25) is 4.79 Å². The predicted molar refractivity (Wildman–Crippen MR) is 202 cm³/mol. The molecule has 0 spiro atoms. The second kappa shape index (κ2) is 38.6. The summed E-state index contributed by atoms with van der Waals surface area (Å²) in [7, 11) is 0. The van der Waals surface area contributed by atoms with E-state index in [1.807, 2.05) is 0 Å². The Morgan fingerprint density at radius 1 is 0.500 bits per heavy atom. The SMILES string of the molecule is CCCCCCCCCCCCC/C=C\CCCCCCCCCC(=O)NC(CO)C(O)CCCCCCCCCCCCCC. The number of allylic oxidation sites excluding steroid dienone is 2. The van der Waals surface area contributed by atoms with Gasteiger partial charge in [0.25, 0.3) is 0 Å². The van der Waals surface area contributed by atoms with E-state index in [4.69, 9.17) is 0 Å². The van der Waals surface area contributed by atoms with Crippen LogP contribution in [-0.4, -0.2) is 34.9 Å². The van der Waals surface area contributed by atoms with E-state index in [9.17, 15) is 15.0 Å². The van der Waals surface area contributed by atoms with E-state index in [1.165, 1.54) is 180 Å². The molecule has 3 N–H and O–H groups in total. The van der Waals surface area contributed by atoms with Gasteiger partial charge in [0.05, 0.1) is 18.8 Å². The van der Waals surface area contributed by atoms with E-state index in [0.717, 1.165) is 25.7 Å². The van der Waals surface area contributed by atoms with Crippen molar-refractivity contribution in [2.45, 2.75) is 244 Å². The summed E-state index contributed by atoms with van der Waals surface area (Å²) >= 11 is 0. The normalized spacial score (nSPS) is 13.0. The van der Waals surface area contributed by atoms with E-state index in [1.54, 1.807) is 0 Å². The number of carbonyl (C=O) groups is 1. The highest BCUT2D eigenvalue weighted by atomic mass is 16.3. The molecule has 0 bridgehead atoms. The van der Waals surface area contributed by atoms with Gasteiger partial charge in [-0.05, 0) is 38.5 Å². The first kappa shape index (κ1) is 45.1. The molecule has 274 valence electrons. The lowest BCUT2D eigenvalue weighted by atomic mass is 10.0. The van der Waals surface area contributed by atoms with Crippen LogP contribution in [0.1, 0.15) is 232 Å². The van der Waals surface area contributed by atoms with Crippen LogP contribution in [0.5, 0.6) is 0 Å². The molecule has 4 nitrogen and oxygen atoms in total. The molecule has 46 heavy (non-hydrogen) atoms. The zero-order chi connectivity index (χ0) is 33.6. The maximum Gasteiger partial charge on any atom is 0.220 e. The zero-order valence-corrected chi connectivity index (χ0v) is 31.4. The first-order chi connectivity index (χ1) is 22.7. The van der Waals surface area contributed by atoms with Crippen LogP contribution in [-0.2, 0) is 4.79 Å². The lowest BCUT2D eigenvalue weighted by Gasteiger charge is -2.22. The van der Waals surface area contributed by atoms with Crippen molar-refractivity contribution >= 4 is 5.91 Å². The smallest absolute Gasteiger partial charge is 0.220 e. The zero-order valence-electron chi connectivity index (χ0n) is 31.4. The summed E-state index contributed by atoms with van der Waals surface area (Å²) in [5.74, 6) is -0.0345. The largest absolute Gasteiger partial charge is 0.394 e. The van der Waals surface area contributed by atoms with Crippen LogP contribution < -0.4 is 5.32 Å². The average Bonchev–Trinajstić information content (AvgIpc) is 3.06. The van der Waals surface area contributed by atoms with E-state index in [-0.39, 0.29) is 12.5 Å². The monoisotopic (exact) mass is 650 g/mol. The molecular weight excluding hydrogens is 566 g/mol. The fourth-order valence-corrected chi connectivity index (χ4v) is 6.53. The van der Waals surface area contributed by atoms with E-state index < -0.39 is 12.1 Å². The molecule has 0 aromatic heterocycles. The number of hydrogen-bond acceptors (Lipinski definition) is 3. The van der Waals surface area contributed by atoms with Crippen molar-refractivity contribution in [2.24, 2.45) is 0 Å². The molecular formula is C42H83NO3. The second-order valence-electron chi connectivity index (χ2n) is 14.4. The van der Waals surface area contributed by atoms with Crippen molar-refractivity contribution in [1.82, 2.24) is 5.32 Å². The van der Waals surface area contributed by atoms with Gasteiger partial charge in [-0.1, -0.05) is 199 Å². The molecule has 2 unspecified atom stereocenters. The number of aliphatic hydroxyl groups excluding tert-OH is 2. The summed E-state index contributed by atoms with van der Waals surface area (Å²) in [4.78, 5) is 12.4. The van der Waals surface area contributed by atoms with Gasteiger partial charge in [0.1, 0.15) is 0 Å². The number of unbranched alkanes of at least 4 members (excludes halogenated alkanes) is 29. The van der Waals surface area contributed by atoms with Crippen molar-refractivity contribution in [3.63, 3.8) is 0 Å². The highest BCUT2D eigenvalue weighted by molar-refractivity contribution is 5.76. The van der Waals surface area contributed by atoms with Gasteiger partial charge >= 0.3 is 0 Å². The van der Waals surface area contributed by atoms with Crippen LogP contribution >= 0.6 is 0 Å². The van der Waals surface area contributed by atoms with Crippen molar-refractivity contribution in [3.05, 3.63) is 12.2 Å². The minimum Gasteiger partial charge on any atom is -0.394 e. The summed E-state index contributed by atoms with van der Waals surface area (Å²) in [6.45, 7) is 4.36. The molecule has 1 amide bonds. The standard InChI is InChI=1S/C42H83NO3/c1-3-5-7-9-11-13-15-17-18-19-20-21-22-23-24-25-26-28-30-32-34-36-38-42(46)43-40(39-44)41(45)37-35-33-31-29-27-16-14-12-10-8-6-4-2/h22-23,40-41,44-45H,3-21,24-39H2,1-2H3,(H,43,46)/b23-22-. The molecule has 0 rings (SSSR count). The first-order valence-electron chi connectivity index (χ1n) is 20.9. The van der Waals surface area contributed by atoms with E-state index >= 15 is 0 Å². The number of nitrogens with one attached hydrogen (secondary N) is 1. The molecule has 0 aromatic carbocycles. The molecule has 0 heterocycles. The molecule has 0 radical (unpaired) electrons. The summed E-state index contributed by atoms with van der Waals surface area (Å²) in [6, 6.07) is -0.533. The van der Waals surface area contributed by atoms with Gasteiger partial charge in [0.15, 0.2) is 0 Å². The van der Waals surface area contributed by atoms with Gasteiger partial charge in [0.2, 0.25) is 5.91 Å². The molecule has 0 aliphatic carbocycles. The topological polar surface area (TPSA) is 69.6 Å². The highest BCUT2D eigenvalue weighted by Crippen LogP contribution is 2.15. The third-order valence-electron chi connectivity index (χ3n) is 9.78. The van der Waals surface area contributed by atoms with Gasteiger partial charge < -0.3 is 15.5 Å². The Balaban J connectivity index is 3.49. The van der Waals surface area contributed by atoms with Crippen molar-refractivity contribution < 1.29 is 15.0 Å². The third kappa shape index (κ3) is 34.5. The summed E-state index contributed by atoms with van der Waals surface area (Å²) in [5, 5.41) is 23.1. The van der Waals surface area contributed by atoms with Gasteiger partial charge in [-0.2, -0.15) is 0 Å². The van der Waals surface area contributed by atoms with E-state index in [0.29, 0.717) is 12.8 Å². The summed E-state index contributed by atoms with van der Waals surface area (Å²) in [6.07, 6.45) is 47.1. The van der Waals surface area contributed by atoms with Crippen molar-refractivity contribution in [2.75, 3.05) is 6.61 Å². The number of rotatable bonds is 38. The lowest BCUT2D eigenvalue weighted by molar-refractivity contribution is -0.123. The number of aliphatic hydroxyl groups is 2. The molecule has 0 aromatic rings. The van der Waals surface area contributed by atoms with Gasteiger partial charge in [-0.15, -0.1) is 0 Å². The molecule has 0 saturated heterocycles. The van der Waals surface area contributed by atoms with Crippen LogP contribution in [0, 0.1) is 0 Å². The number of carbonyl (C=O) groups excluding carboxylic acids is 1. The Morgan fingerprint density at radius 2 is 0.826 bits per heavy atom. The Bertz CT molecular complexity index is 622. The maximum atomic E-state index is 12.4. The van der Waals surface area contributed by atoms with Crippen LogP contribution in [0.25, 0.3) is 0 Å². The van der Waals surface area contributed by atoms with Crippen molar-refractivity contribution in [3.8, 4) is 0 Å². The summed E-state index contributed by atoms with van der Waals surface area (Å²) in [5.41, 5.74) is 0. The molecule has 0 fully saturated rings. The number of amides is 1. The molecule has 0 aliphatic rings. The number of hydrogen-bond donors (Lipinski definition) is 3. The quantitative estimate of drug-likeness (QED) is 0.0460.